The lowest BCUT2D eigenvalue weighted by Crippen LogP contribution is -2.37. The van der Waals surface area contributed by atoms with Gasteiger partial charge in [0.15, 0.2) is 5.78 Å². The summed E-state index contributed by atoms with van der Waals surface area (Å²) in [6.45, 7) is 4.38. The van der Waals surface area contributed by atoms with E-state index >= 15 is 0 Å². The van der Waals surface area contributed by atoms with E-state index in [1.165, 1.54) is 6.92 Å². The lowest BCUT2D eigenvalue weighted by Gasteiger charge is -2.31. The van der Waals surface area contributed by atoms with E-state index in [1.807, 2.05) is 6.07 Å². The monoisotopic (exact) mass is 294 g/mol. The van der Waals surface area contributed by atoms with Gasteiger partial charge in [-0.05, 0) is 25.1 Å². The Labute approximate surface area is 124 Å². The number of nitrogens with zero attached hydrogens (tertiary/aromatic N) is 1. The number of ether oxygens (including phenoxy) is 1. The maximum atomic E-state index is 11.5. The lowest BCUT2D eigenvalue weighted by atomic mass is 10.1. The van der Waals surface area contributed by atoms with Gasteiger partial charge in [0.25, 0.3) is 0 Å². The van der Waals surface area contributed by atoms with E-state index in [4.69, 9.17) is 9.84 Å². The summed E-state index contributed by atoms with van der Waals surface area (Å²) < 4.78 is 5.35. The molecule has 6 nitrogen and oxygen atoms in total. The second-order valence-electron chi connectivity index (χ2n) is 5.10. The predicted octanol–water partition coefficient (Wildman–Crippen LogP) is 0.491. The van der Waals surface area contributed by atoms with Crippen LogP contribution in [0.25, 0.3) is 0 Å². The molecule has 3 N–H and O–H groups in total. The van der Waals surface area contributed by atoms with Crippen molar-refractivity contribution >= 4 is 17.2 Å². The van der Waals surface area contributed by atoms with Crippen LogP contribution in [0.2, 0.25) is 0 Å². The molecule has 0 spiro atoms. The minimum Gasteiger partial charge on any atom is -0.394 e. The highest BCUT2D eigenvalue weighted by atomic mass is 16.5. The zero-order valence-corrected chi connectivity index (χ0v) is 12.2. The largest absolute Gasteiger partial charge is 0.394 e. The zero-order chi connectivity index (χ0) is 15.2. The van der Waals surface area contributed by atoms with Crippen molar-refractivity contribution in [1.29, 1.82) is 0 Å². The second-order valence-corrected chi connectivity index (χ2v) is 5.10. The number of carbonyl (C=O) groups excluding carboxylic acids is 1. The SMILES string of the molecule is CC(=O)c1ccc(N2CCOCC2)c(NCC(O)CO)c1. The minimum absolute atomic E-state index is 0.00529. The van der Waals surface area contributed by atoms with Gasteiger partial charge in [0.1, 0.15) is 0 Å². The summed E-state index contributed by atoms with van der Waals surface area (Å²) in [6, 6.07) is 5.51. The van der Waals surface area contributed by atoms with E-state index in [1.54, 1.807) is 12.1 Å². The van der Waals surface area contributed by atoms with Gasteiger partial charge in [-0.3, -0.25) is 4.79 Å². The van der Waals surface area contributed by atoms with Crippen LogP contribution in [0.4, 0.5) is 11.4 Å². The highest BCUT2D eigenvalue weighted by Crippen LogP contribution is 2.28. The fraction of sp³-hybridized carbons (Fsp3) is 0.533. The first-order chi connectivity index (χ1) is 10.1. The topological polar surface area (TPSA) is 82.0 Å². The molecule has 1 aromatic rings. The summed E-state index contributed by atoms with van der Waals surface area (Å²) in [6.07, 6.45) is -0.830. The number of aliphatic hydroxyl groups is 2. The van der Waals surface area contributed by atoms with Crippen LogP contribution >= 0.6 is 0 Å². The van der Waals surface area contributed by atoms with Gasteiger partial charge >= 0.3 is 0 Å². The molecule has 1 heterocycles. The molecule has 1 aliphatic rings. The minimum atomic E-state index is -0.830. The summed E-state index contributed by atoms with van der Waals surface area (Å²) in [5.41, 5.74) is 2.39. The van der Waals surface area contributed by atoms with Gasteiger partial charge in [0, 0.05) is 25.2 Å². The van der Waals surface area contributed by atoms with Crippen molar-refractivity contribution in [2.75, 3.05) is 49.7 Å². The lowest BCUT2D eigenvalue weighted by molar-refractivity contribution is 0.101. The van der Waals surface area contributed by atoms with E-state index in [0.29, 0.717) is 18.8 Å². The van der Waals surface area contributed by atoms with Gasteiger partial charge in [-0.15, -0.1) is 0 Å². The Morgan fingerprint density at radius 1 is 1.43 bits per heavy atom. The summed E-state index contributed by atoms with van der Waals surface area (Å²) in [5.74, 6) is -0.00529. The molecule has 2 rings (SSSR count). The number of morpholine rings is 1. The highest BCUT2D eigenvalue weighted by molar-refractivity contribution is 5.96. The second kappa shape index (κ2) is 7.40. The average molecular weight is 294 g/mol. The molecule has 116 valence electrons. The Hall–Kier alpha value is -1.63. The van der Waals surface area contributed by atoms with Gasteiger partial charge in [0.2, 0.25) is 0 Å². The molecule has 1 saturated heterocycles. The summed E-state index contributed by atoms with van der Waals surface area (Å²) in [4.78, 5) is 13.7. The molecule has 1 unspecified atom stereocenters. The number of Topliss-reactive ketones (excluding diaryl/α,β-unsaturated/α-hetero) is 1. The van der Waals surface area contributed by atoms with E-state index < -0.39 is 6.10 Å². The molecule has 0 saturated carbocycles. The van der Waals surface area contributed by atoms with Crippen molar-refractivity contribution in [3.05, 3.63) is 23.8 Å². The molecule has 21 heavy (non-hydrogen) atoms. The molecule has 0 aliphatic carbocycles. The van der Waals surface area contributed by atoms with E-state index in [0.717, 1.165) is 24.5 Å². The van der Waals surface area contributed by atoms with Gasteiger partial charge < -0.3 is 25.2 Å². The first kappa shape index (κ1) is 15.8. The third kappa shape index (κ3) is 4.17. The van der Waals surface area contributed by atoms with Crippen LogP contribution in [0.15, 0.2) is 18.2 Å². The van der Waals surface area contributed by atoms with Gasteiger partial charge in [-0.25, -0.2) is 0 Å². The van der Waals surface area contributed by atoms with Crippen LogP contribution < -0.4 is 10.2 Å². The smallest absolute Gasteiger partial charge is 0.159 e. The average Bonchev–Trinajstić information content (AvgIpc) is 2.53. The highest BCUT2D eigenvalue weighted by Gasteiger charge is 2.16. The maximum absolute atomic E-state index is 11.5. The quantitative estimate of drug-likeness (QED) is 0.663. The number of benzene rings is 1. The summed E-state index contributed by atoms with van der Waals surface area (Å²) in [5, 5.41) is 21.5. The van der Waals surface area contributed by atoms with Crippen molar-refractivity contribution in [3.63, 3.8) is 0 Å². The molecular weight excluding hydrogens is 272 g/mol. The standard InChI is InChI=1S/C15H22N2O4/c1-11(19)12-2-3-15(17-4-6-21-7-5-17)14(8-12)16-9-13(20)10-18/h2-3,8,13,16,18,20H,4-7,9-10H2,1H3. The molecule has 0 radical (unpaired) electrons. The number of carbonyl (C=O) groups is 1. The Bertz CT molecular complexity index is 487. The third-order valence-electron chi connectivity index (χ3n) is 3.49. The zero-order valence-electron chi connectivity index (χ0n) is 12.2. The maximum Gasteiger partial charge on any atom is 0.159 e. The van der Waals surface area contributed by atoms with Gasteiger partial charge in [-0.1, -0.05) is 0 Å². The molecule has 1 atom stereocenters. The predicted molar refractivity (Wildman–Crippen MR) is 81.1 cm³/mol. The van der Waals surface area contributed by atoms with E-state index in [9.17, 15) is 9.90 Å². The number of nitrogens with one attached hydrogen (secondary N) is 1. The van der Waals surface area contributed by atoms with Crippen LogP contribution in [0.3, 0.4) is 0 Å². The van der Waals surface area contributed by atoms with Crippen LogP contribution in [-0.2, 0) is 4.74 Å². The number of hydrogen-bond donors (Lipinski definition) is 3. The van der Waals surface area contributed by atoms with Crippen molar-refractivity contribution in [1.82, 2.24) is 0 Å². The van der Waals surface area contributed by atoms with Crippen LogP contribution in [0, 0.1) is 0 Å². The number of anilines is 2. The van der Waals surface area contributed by atoms with E-state index in [-0.39, 0.29) is 18.9 Å². The molecule has 1 aliphatic heterocycles. The fourth-order valence-corrected chi connectivity index (χ4v) is 2.27. The molecular formula is C15H22N2O4. The molecule has 1 fully saturated rings. The van der Waals surface area contributed by atoms with Gasteiger partial charge in [-0.2, -0.15) is 0 Å². The Kier molecular flexibility index (Phi) is 5.55. The Morgan fingerprint density at radius 3 is 2.76 bits per heavy atom. The summed E-state index contributed by atoms with van der Waals surface area (Å²) >= 11 is 0. The fourth-order valence-electron chi connectivity index (χ4n) is 2.27. The van der Waals surface area contributed by atoms with E-state index in [2.05, 4.69) is 10.2 Å². The molecule has 6 heteroatoms. The van der Waals surface area contributed by atoms with Crippen molar-refractivity contribution < 1.29 is 19.7 Å². The number of aliphatic hydroxyl groups excluding tert-OH is 2. The molecule has 1 aromatic carbocycles. The Morgan fingerprint density at radius 2 is 2.14 bits per heavy atom. The normalized spacial score (nSPS) is 16.6. The Balaban J connectivity index is 2.22. The number of rotatable bonds is 6. The van der Waals surface area contributed by atoms with Crippen LogP contribution in [-0.4, -0.2) is 61.6 Å². The number of ketones is 1. The first-order valence-corrected chi connectivity index (χ1v) is 7.12. The molecule has 0 amide bonds. The van der Waals surface area contributed by atoms with Crippen LogP contribution in [0.1, 0.15) is 17.3 Å². The molecule has 0 bridgehead atoms. The van der Waals surface area contributed by atoms with Crippen LogP contribution in [0.5, 0.6) is 0 Å². The van der Waals surface area contributed by atoms with Crippen molar-refractivity contribution in [2.45, 2.75) is 13.0 Å². The number of hydrogen-bond acceptors (Lipinski definition) is 6. The van der Waals surface area contributed by atoms with Crippen molar-refractivity contribution in [3.8, 4) is 0 Å². The first-order valence-electron chi connectivity index (χ1n) is 7.12. The third-order valence-corrected chi connectivity index (χ3v) is 3.49. The van der Waals surface area contributed by atoms with Crippen molar-refractivity contribution in [2.24, 2.45) is 0 Å². The molecule has 0 aromatic heterocycles. The van der Waals surface area contributed by atoms with Gasteiger partial charge in [0.05, 0.1) is 37.3 Å². The summed E-state index contributed by atoms with van der Waals surface area (Å²) in [7, 11) is 0.